The van der Waals surface area contributed by atoms with Gasteiger partial charge in [0.1, 0.15) is 11.5 Å². The van der Waals surface area contributed by atoms with Crippen molar-refractivity contribution in [2.24, 2.45) is 0 Å². The van der Waals surface area contributed by atoms with Crippen molar-refractivity contribution < 1.29 is 4.42 Å². The van der Waals surface area contributed by atoms with Crippen molar-refractivity contribution in [3.05, 3.63) is 23.7 Å². The summed E-state index contributed by atoms with van der Waals surface area (Å²) < 4.78 is 5.79. The van der Waals surface area contributed by atoms with Crippen LogP contribution >= 0.6 is 0 Å². The second kappa shape index (κ2) is 4.62. The maximum atomic E-state index is 5.79. The fourth-order valence-corrected chi connectivity index (χ4v) is 2.71. The van der Waals surface area contributed by atoms with Crippen molar-refractivity contribution in [3.8, 4) is 0 Å². The molecule has 0 aliphatic heterocycles. The SMILES string of the molecule is CCc1ccc(C(C)NC2(C)CCCC2)o1. The van der Waals surface area contributed by atoms with Gasteiger partial charge in [0.25, 0.3) is 0 Å². The number of hydrogen-bond donors (Lipinski definition) is 1. The molecule has 90 valence electrons. The molecule has 2 rings (SSSR count). The normalized spacial score (nSPS) is 21.2. The lowest BCUT2D eigenvalue weighted by molar-refractivity contribution is 0.297. The van der Waals surface area contributed by atoms with Gasteiger partial charge in [0.2, 0.25) is 0 Å². The highest BCUT2D eigenvalue weighted by molar-refractivity contribution is 5.11. The van der Waals surface area contributed by atoms with Gasteiger partial charge < -0.3 is 9.73 Å². The summed E-state index contributed by atoms with van der Waals surface area (Å²) in [6.45, 7) is 6.65. The smallest absolute Gasteiger partial charge is 0.120 e. The predicted octanol–water partition coefficient (Wildman–Crippen LogP) is 3.83. The monoisotopic (exact) mass is 221 g/mol. The number of nitrogens with one attached hydrogen (secondary N) is 1. The molecule has 0 radical (unpaired) electrons. The maximum Gasteiger partial charge on any atom is 0.120 e. The van der Waals surface area contributed by atoms with Crippen LogP contribution in [0.25, 0.3) is 0 Å². The van der Waals surface area contributed by atoms with Gasteiger partial charge in [-0.25, -0.2) is 0 Å². The van der Waals surface area contributed by atoms with Crippen molar-refractivity contribution >= 4 is 0 Å². The van der Waals surface area contributed by atoms with E-state index in [2.05, 4.69) is 38.2 Å². The van der Waals surface area contributed by atoms with E-state index >= 15 is 0 Å². The zero-order valence-corrected chi connectivity index (χ0v) is 10.7. The Labute approximate surface area is 98.4 Å². The average molecular weight is 221 g/mol. The second-order valence-electron chi connectivity index (χ2n) is 5.29. The summed E-state index contributed by atoms with van der Waals surface area (Å²) in [5.41, 5.74) is 0.318. The zero-order chi connectivity index (χ0) is 11.6. The van der Waals surface area contributed by atoms with Crippen molar-refractivity contribution in [3.63, 3.8) is 0 Å². The molecule has 0 amide bonds. The van der Waals surface area contributed by atoms with Crippen molar-refractivity contribution in [1.82, 2.24) is 5.32 Å². The van der Waals surface area contributed by atoms with E-state index in [1.54, 1.807) is 0 Å². The fraction of sp³-hybridized carbons (Fsp3) is 0.714. The Kier molecular flexibility index (Phi) is 3.38. The van der Waals surface area contributed by atoms with Crippen LogP contribution in [0.5, 0.6) is 0 Å². The third-order valence-corrected chi connectivity index (χ3v) is 3.73. The quantitative estimate of drug-likeness (QED) is 0.836. The molecule has 0 spiro atoms. The minimum atomic E-state index is 0.318. The molecule has 1 aromatic rings. The number of rotatable bonds is 4. The Morgan fingerprint density at radius 2 is 2.06 bits per heavy atom. The molecule has 1 heterocycles. The van der Waals surface area contributed by atoms with Crippen LogP contribution in [0.4, 0.5) is 0 Å². The minimum absolute atomic E-state index is 0.318. The molecule has 2 nitrogen and oxygen atoms in total. The first-order valence-electron chi connectivity index (χ1n) is 6.49. The predicted molar refractivity (Wildman–Crippen MR) is 66.5 cm³/mol. The Bertz CT molecular complexity index is 336. The van der Waals surface area contributed by atoms with Gasteiger partial charge in [-0.2, -0.15) is 0 Å². The van der Waals surface area contributed by atoms with Gasteiger partial charge in [-0.05, 0) is 38.8 Å². The Morgan fingerprint density at radius 1 is 1.38 bits per heavy atom. The lowest BCUT2D eigenvalue weighted by Crippen LogP contribution is -2.40. The zero-order valence-electron chi connectivity index (χ0n) is 10.7. The van der Waals surface area contributed by atoms with Gasteiger partial charge >= 0.3 is 0 Å². The molecule has 1 aromatic heterocycles. The van der Waals surface area contributed by atoms with Crippen LogP contribution in [0.3, 0.4) is 0 Å². The molecule has 0 aromatic carbocycles. The van der Waals surface area contributed by atoms with E-state index in [-0.39, 0.29) is 0 Å². The Balaban J connectivity index is 1.99. The van der Waals surface area contributed by atoms with E-state index < -0.39 is 0 Å². The molecule has 1 unspecified atom stereocenters. The van der Waals surface area contributed by atoms with Gasteiger partial charge in [0, 0.05) is 12.0 Å². The van der Waals surface area contributed by atoms with Gasteiger partial charge in [-0.1, -0.05) is 19.8 Å². The first-order chi connectivity index (χ1) is 7.63. The Hall–Kier alpha value is -0.760. The van der Waals surface area contributed by atoms with Crippen LogP contribution in [-0.4, -0.2) is 5.54 Å². The molecule has 16 heavy (non-hydrogen) atoms. The highest BCUT2D eigenvalue weighted by atomic mass is 16.3. The lowest BCUT2D eigenvalue weighted by Gasteiger charge is -2.28. The second-order valence-corrected chi connectivity index (χ2v) is 5.29. The first kappa shape index (κ1) is 11.7. The topological polar surface area (TPSA) is 25.2 Å². The molecule has 1 fully saturated rings. The summed E-state index contributed by atoms with van der Waals surface area (Å²) in [4.78, 5) is 0. The molecular weight excluding hydrogens is 198 g/mol. The average Bonchev–Trinajstić information content (AvgIpc) is 2.86. The molecule has 1 atom stereocenters. The summed E-state index contributed by atoms with van der Waals surface area (Å²) in [6.07, 6.45) is 6.27. The number of furan rings is 1. The third kappa shape index (κ3) is 2.49. The molecule has 0 bridgehead atoms. The Morgan fingerprint density at radius 3 is 2.62 bits per heavy atom. The molecule has 1 aliphatic rings. The lowest BCUT2D eigenvalue weighted by atomic mass is 9.99. The van der Waals surface area contributed by atoms with Gasteiger partial charge in [-0.3, -0.25) is 0 Å². The van der Waals surface area contributed by atoms with Gasteiger partial charge in [-0.15, -0.1) is 0 Å². The number of hydrogen-bond acceptors (Lipinski definition) is 2. The summed E-state index contributed by atoms with van der Waals surface area (Å²) >= 11 is 0. The van der Waals surface area contributed by atoms with Gasteiger partial charge in [0.15, 0.2) is 0 Å². The molecule has 1 N–H and O–H groups in total. The van der Waals surface area contributed by atoms with Crippen LogP contribution in [0, 0.1) is 0 Å². The molecule has 0 saturated heterocycles. The summed E-state index contributed by atoms with van der Waals surface area (Å²) in [7, 11) is 0. The van der Waals surface area contributed by atoms with E-state index in [9.17, 15) is 0 Å². The van der Waals surface area contributed by atoms with Crippen LogP contribution in [0.1, 0.15) is 64.0 Å². The van der Waals surface area contributed by atoms with Gasteiger partial charge in [0.05, 0.1) is 6.04 Å². The first-order valence-corrected chi connectivity index (χ1v) is 6.49. The number of aryl methyl sites for hydroxylation is 1. The van der Waals surface area contributed by atoms with Crippen molar-refractivity contribution in [2.75, 3.05) is 0 Å². The van der Waals surface area contributed by atoms with Crippen LogP contribution in [0.2, 0.25) is 0 Å². The standard InChI is InChI=1S/C14H23NO/c1-4-12-7-8-13(16-12)11(2)15-14(3)9-5-6-10-14/h7-8,11,15H,4-6,9-10H2,1-3H3. The summed E-state index contributed by atoms with van der Waals surface area (Å²) in [5.74, 6) is 2.16. The molecular formula is C14H23NO. The fourth-order valence-electron chi connectivity index (χ4n) is 2.71. The third-order valence-electron chi connectivity index (χ3n) is 3.73. The van der Waals surface area contributed by atoms with E-state index in [1.807, 2.05) is 0 Å². The van der Waals surface area contributed by atoms with E-state index in [0.717, 1.165) is 17.9 Å². The molecule has 1 aliphatic carbocycles. The highest BCUT2D eigenvalue weighted by Gasteiger charge is 2.30. The van der Waals surface area contributed by atoms with E-state index in [1.165, 1.54) is 25.7 Å². The van der Waals surface area contributed by atoms with Crippen LogP contribution in [-0.2, 0) is 6.42 Å². The summed E-state index contributed by atoms with van der Waals surface area (Å²) in [5, 5.41) is 3.72. The maximum absolute atomic E-state index is 5.79. The van der Waals surface area contributed by atoms with E-state index in [0.29, 0.717) is 11.6 Å². The van der Waals surface area contributed by atoms with E-state index in [4.69, 9.17) is 4.42 Å². The highest BCUT2D eigenvalue weighted by Crippen LogP contribution is 2.31. The minimum Gasteiger partial charge on any atom is -0.464 e. The molecule has 1 saturated carbocycles. The van der Waals surface area contributed by atoms with Crippen LogP contribution in [0.15, 0.2) is 16.5 Å². The summed E-state index contributed by atoms with van der Waals surface area (Å²) in [6, 6.07) is 4.52. The van der Waals surface area contributed by atoms with Crippen molar-refractivity contribution in [1.29, 1.82) is 0 Å². The van der Waals surface area contributed by atoms with Crippen LogP contribution < -0.4 is 5.32 Å². The van der Waals surface area contributed by atoms with Crippen molar-refractivity contribution in [2.45, 2.75) is 64.5 Å². The molecule has 2 heteroatoms. The largest absolute Gasteiger partial charge is 0.464 e.